The van der Waals surface area contributed by atoms with Gasteiger partial charge in [0.25, 0.3) is 0 Å². The van der Waals surface area contributed by atoms with Gasteiger partial charge in [0.2, 0.25) is 0 Å². The van der Waals surface area contributed by atoms with E-state index in [1.54, 1.807) is 0 Å². The maximum absolute atomic E-state index is 9.27. The molecule has 96 valence electrons. The van der Waals surface area contributed by atoms with E-state index in [9.17, 15) is 5.26 Å². The molecule has 2 aromatic carbocycles. The van der Waals surface area contributed by atoms with Crippen molar-refractivity contribution in [2.45, 2.75) is 12.8 Å². The van der Waals surface area contributed by atoms with Gasteiger partial charge < -0.3 is 5.32 Å². The number of anilines is 1. The SMILES string of the molecule is Cc1cc(Br)cc(NCC(C#N)c2ccccc2)c1. The first kappa shape index (κ1) is 13.6. The minimum atomic E-state index is -0.138. The van der Waals surface area contributed by atoms with Crippen molar-refractivity contribution in [3.05, 3.63) is 64.1 Å². The van der Waals surface area contributed by atoms with Crippen molar-refractivity contribution in [2.75, 3.05) is 11.9 Å². The summed E-state index contributed by atoms with van der Waals surface area (Å²) in [6.45, 7) is 2.66. The molecule has 1 N–H and O–H groups in total. The lowest BCUT2D eigenvalue weighted by Gasteiger charge is -2.12. The summed E-state index contributed by atoms with van der Waals surface area (Å²) in [6, 6.07) is 18.4. The van der Waals surface area contributed by atoms with E-state index in [2.05, 4.69) is 46.4 Å². The molecule has 0 aliphatic carbocycles. The summed E-state index contributed by atoms with van der Waals surface area (Å²) in [6.07, 6.45) is 0. The van der Waals surface area contributed by atoms with Crippen LogP contribution in [0.2, 0.25) is 0 Å². The molecule has 3 heteroatoms. The number of halogens is 1. The van der Waals surface area contributed by atoms with Gasteiger partial charge in [-0.2, -0.15) is 5.26 Å². The highest BCUT2D eigenvalue weighted by Crippen LogP contribution is 2.21. The molecule has 0 fully saturated rings. The van der Waals surface area contributed by atoms with Crippen LogP contribution >= 0.6 is 15.9 Å². The molecule has 2 aromatic rings. The summed E-state index contributed by atoms with van der Waals surface area (Å²) in [5.41, 5.74) is 3.26. The highest BCUT2D eigenvalue weighted by molar-refractivity contribution is 9.10. The Balaban J connectivity index is 2.07. The molecule has 0 aliphatic rings. The normalized spacial score (nSPS) is 11.6. The van der Waals surface area contributed by atoms with Crippen LogP contribution in [0.25, 0.3) is 0 Å². The molecule has 0 aliphatic heterocycles. The van der Waals surface area contributed by atoms with Crippen molar-refractivity contribution in [1.29, 1.82) is 5.26 Å². The molecular weight excluding hydrogens is 300 g/mol. The molecule has 0 amide bonds. The molecule has 0 saturated carbocycles. The van der Waals surface area contributed by atoms with Crippen LogP contribution < -0.4 is 5.32 Å². The van der Waals surface area contributed by atoms with Crippen LogP contribution in [-0.2, 0) is 0 Å². The van der Waals surface area contributed by atoms with Crippen LogP contribution in [0, 0.1) is 18.3 Å². The fourth-order valence-electron chi connectivity index (χ4n) is 1.98. The van der Waals surface area contributed by atoms with Gasteiger partial charge in [-0.15, -0.1) is 0 Å². The summed E-state index contributed by atoms with van der Waals surface area (Å²) in [5.74, 6) is -0.138. The second kappa shape index (κ2) is 6.40. The smallest absolute Gasteiger partial charge is 0.0885 e. The number of aryl methyl sites for hydroxylation is 1. The van der Waals surface area contributed by atoms with Crippen LogP contribution in [0.1, 0.15) is 17.0 Å². The van der Waals surface area contributed by atoms with E-state index in [0.29, 0.717) is 6.54 Å². The molecule has 0 spiro atoms. The first-order valence-electron chi connectivity index (χ1n) is 6.14. The minimum absolute atomic E-state index is 0.138. The third kappa shape index (κ3) is 3.84. The van der Waals surface area contributed by atoms with Gasteiger partial charge in [-0.3, -0.25) is 0 Å². The number of benzene rings is 2. The number of nitriles is 1. The minimum Gasteiger partial charge on any atom is -0.383 e. The van der Waals surface area contributed by atoms with Crippen LogP contribution in [0.5, 0.6) is 0 Å². The highest BCUT2D eigenvalue weighted by Gasteiger charge is 2.09. The molecule has 1 unspecified atom stereocenters. The molecule has 19 heavy (non-hydrogen) atoms. The Morgan fingerprint density at radius 3 is 2.58 bits per heavy atom. The average Bonchev–Trinajstić information content (AvgIpc) is 2.39. The largest absolute Gasteiger partial charge is 0.383 e. The fourth-order valence-corrected chi connectivity index (χ4v) is 2.59. The van der Waals surface area contributed by atoms with Gasteiger partial charge in [-0.25, -0.2) is 0 Å². The number of nitrogens with zero attached hydrogens (tertiary/aromatic N) is 1. The van der Waals surface area contributed by atoms with Crippen molar-refractivity contribution in [3.63, 3.8) is 0 Å². The molecule has 0 bridgehead atoms. The molecule has 2 rings (SSSR count). The predicted octanol–water partition coefficient (Wildman–Crippen LogP) is 4.48. The lowest BCUT2D eigenvalue weighted by Crippen LogP contribution is -2.11. The first-order chi connectivity index (χ1) is 9.19. The van der Waals surface area contributed by atoms with Gasteiger partial charge in [-0.05, 0) is 36.2 Å². The van der Waals surface area contributed by atoms with E-state index in [1.165, 1.54) is 5.56 Å². The Morgan fingerprint density at radius 2 is 1.95 bits per heavy atom. The summed E-state index contributed by atoms with van der Waals surface area (Å²) in [4.78, 5) is 0. The van der Waals surface area contributed by atoms with Crippen molar-refractivity contribution in [2.24, 2.45) is 0 Å². The van der Waals surface area contributed by atoms with E-state index < -0.39 is 0 Å². The molecular formula is C16H15BrN2. The molecule has 0 heterocycles. The van der Waals surface area contributed by atoms with E-state index in [4.69, 9.17) is 0 Å². The zero-order valence-electron chi connectivity index (χ0n) is 10.7. The van der Waals surface area contributed by atoms with Gasteiger partial charge in [0, 0.05) is 16.7 Å². The second-order valence-electron chi connectivity index (χ2n) is 4.49. The van der Waals surface area contributed by atoms with Crippen molar-refractivity contribution in [3.8, 4) is 6.07 Å². The van der Waals surface area contributed by atoms with Crippen LogP contribution in [-0.4, -0.2) is 6.54 Å². The van der Waals surface area contributed by atoms with Gasteiger partial charge >= 0.3 is 0 Å². The van der Waals surface area contributed by atoms with E-state index in [1.807, 2.05) is 36.4 Å². The quantitative estimate of drug-likeness (QED) is 0.903. The lowest BCUT2D eigenvalue weighted by atomic mass is 10.0. The van der Waals surface area contributed by atoms with Gasteiger partial charge in [0.1, 0.15) is 0 Å². The lowest BCUT2D eigenvalue weighted by molar-refractivity contribution is 0.900. The summed E-state index contributed by atoms with van der Waals surface area (Å²) in [5, 5.41) is 12.6. The first-order valence-corrected chi connectivity index (χ1v) is 6.94. The Kier molecular flexibility index (Phi) is 4.59. The number of nitrogens with one attached hydrogen (secondary N) is 1. The fraction of sp³-hybridized carbons (Fsp3) is 0.188. The highest BCUT2D eigenvalue weighted by atomic mass is 79.9. The third-order valence-corrected chi connectivity index (χ3v) is 3.37. The van der Waals surface area contributed by atoms with Crippen molar-refractivity contribution in [1.82, 2.24) is 0 Å². The summed E-state index contributed by atoms with van der Waals surface area (Å²) in [7, 11) is 0. The molecule has 0 radical (unpaired) electrons. The Labute approximate surface area is 122 Å². The van der Waals surface area contributed by atoms with E-state index in [0.717, 1.165) is 15.7 Å². The molecule has 0 aromatic heterocycles. The van der Waals surface area contributed by atoms with Gasteiger partial charge in [0.05, 0.1) is 12.0 Å². The molecule has 0 saturated heterocycles. The average molecular weight is 315 g/mol. The number of hydrogen-bond acceptors (Lipinski definition) is 2. The zero-order chi connectivity index (χ0) is 13.7. The third-order valence-electron chi connectivity index (χ3n) is 2.91. The number of rotatable bonds is 4. The van der Waals surface area contributed by atoms with E-state index >= 15 is 0 Å². The molecule has 2 nitrogen and oxygen atoms in total. The topological polar surface area (TPSA) is 35.8 Å². The second-order valence-corrected chi connectivity index (χ2v) is 5.41. The van der Waals surface area contributed by atoms with Crippen LogP contribution in [0.3, 0.4) is 0 Å². The van der Waals surface area contributed by atoms with Gasteiger partial charge in [-0.1, -0.05) is 46.3 Å². The Hall–Kier alpha value is -1.79. The monoisotopic (exact) mass is 314 g/mol. The maximum atomic E-state index is 9.27. The molecule has 1 atom stereocenters. The standard InChI is InChI=1S/C16H15BrN2/c1-12-7-15(17)9-16(8-12)19-11-14(10-18)13-5-3-2-4-6-13/h2-9,14,19H,11H2,1H3. The van der Waals surface area contributed by atoms with Crippen molar-refractivity contribution >= 4 is 21.6 Å². The Morgan fingerprint density at radius 1 is 1.21 bits per heavy atom. The zero-order valence-corrected chi connectivity index (χ0v) is 12.3. The Bertz CT molecular complexity index is 567. The number of hydrogen-bond donors (Lipinski definition) is 1. The van der Waals surface area contributed by atoms with Crippen LogP contribution in [0.4, 0.5) is 5.69 Å². The van der Waals surface area contributed by atoms with Gasteiger partial charge in [0.15, 0.2) is 0 Å². The summed E-state index contributed by atoms with van der Waals surface area (Å²) < 4.78 is 1.04. The van der Waals surface area contributed by atoms with E-state index in [-0.39, 0.29) is 5.92 Å². The van der Waals surface area contributed by atoms with Crippen LogP contribution in [0.15, 0.2) is 53.0 Å². The maximum Gasteiger partial charge on any atom is 0.0885 e. The predicted molar refractivity (Wildman–Crippen MR) is 82.2 cm³/mol. The summed E-state index contributed by atoms with van der Waals surface area (Å²) >= 11 is 3.48. The van der Waals surface area contributed by atoms with Crippen molar-refractivity contribution < 1.29 is 0 Å².